The van der Waals surface area contributed by atoms with Gasteiger partial charge in [0.2, 0.25) is 0 Å². The maximum absolute atomic E-state index is 12.9. The molecule has 0 atom stereocenters. The first-order chi connectivity index (χ1) is 14.7. The molecule has 3 rings (SSSR count). The van der Waals surface area contributed by atoms with Gasteiger partial charge in [-0.1, -0.05) is 38.1 Å². The molecule has 0 unspecified atom stereocenters. The number of amides is 1. The van der Waals surface area contributed by atoms with Crippen molar-refractivity contribution >= 4 is 11.6 Å². The molecule has 0 radical (unpaired) electrons. The normalized spacial score (nSPS) is 14.6. The Morgan fingerprint density at radius 2 is 1.87 bits per heavy atom. The Labute approximate surface area is 179 Å². The molecule has 0 bridgehead atoms. The van der Waals surface area contributed by atoms with Crippen LogP contribution in [0.1, 0.15) is 29.8 Å². The highest BCUT2D eigenvalue weighted by Crippen LogP contribution is 2.24. The summed E-state index contributed by atoms with van der Waals surface area (Å²) in [7, 11) is 0. The number of carbonyl (C=O) groups is 1. The van der Waals surface area contributed by atoms with Crippen molar-refractivity contribution in [2.45, 2.75) is 20.4 Å². The lowest BCUT2D eigenvalue weighted by molar-refractivity contribution is 0.0342. The number of hydrogen-bond donors (Lipinski definition) is 1. The predicted molar refractivity (Wildman–Crippen MR) is 120 cm³/mol. The van der Waals surface area contributed by atoms with E-state index in [-0.39, 0.29) is 5.91 Å². The SMILES string of the molecule is CCN(CC)CCOc1ccccc1NC(=O)c1cccc(CN2CCOCC2)c1. The molecule has 30 heavy (non-hydrogen) atoms. The van der Waals surface area contributed by atoms with E-state index in [2.05, 4.69) is 35.0 Å². The van der Waals surface area contributed by atoms with Gasteiger partial charge in [-0.15, -0.1) is 0 Å². The summed E-state index contributed by atoms with van der Waals surface area (Å²) >= 11 is 0. The van der Waals surface area contributed by atoms with Crippen LogP contribution in [0.4, 0.5) is 5.69 Å². The minimum atomic E-state index is -0.126. The first-order valence-corrected chi connectivity index (χ1v) is 10.8. The Bertz CT molecular complexity index is 802. The Kier molecular flexibility index (Phi) is 8.68. The number of morpholine rings is 1. The van der Waals surface area contributed by atoms with Crippen LogP contribution in [0.2, 0.25) is 0 Å². The molecule has 0 aliphatic carbocycles. The second-order valence-electron chi connectivity index (χ2n) is 7.41. The predicted octanol–water partition coefficient (Wildman–Crippen LogP) is 3.49. The van der Waals surface area contributed by atoms with Crippen LogP contribution >= 0.6 is 0 Å². The number of nitrogens with zero attached hydrogens (tertiary/aromatic N) is 2. The molecule has 0 spiro atoms. The molecule has 0 saturated carbocycles. The summed E-state index contributed by atoms with van der Waals surface area (Å²) in [4.78, 5) is 17.5. The van der Waals surface area contributed by atoms with Crippen molar-refractivity contribution in [2.75, 3.05) is 57.9 Å². The minimum Gasteiger partial charge on any atom is -0.490 e. The van der Waals surface area contributed by atoms with Gasteiger partial charge in [-0.3, -0.25) is 9.69 Å². The van der Waals surface area contributed by atoms with Gasteiger partial charge in [0.05, 0.1) is 18.9 Å². The van der Waals surface area contributed by atoms with Crippen LogP contribution in [0.25, 0.3) is 0 Å². The lowest BCUT2D eigenvalue weighted by Gasteiger charge is -2.26. The number of likely N-dealkylation sites (N-methyl/N-ethyl adjacent to an activating group) is 1. The molecule has 1 fully saturated rings. The average molecular weight is 412 g/mol. The second kappa shape index (κ2) is 11.7. The summed E-state index contributed by atoms with van der Waals surface area (Å²) in [6.07, 6.45) is 0. The third-order valence-corrected chi connectivity index (χ3v) is 5.39. The lowest BCUT2D eigenvalue weighted by atomic mass is 10.1. The number of ether oxygens (including phenoxy) is 2. The van der Waals surface area contributed by atoms with Crippen molar-refractivity contribution in [3.05, 3.63) is 59.7 Å². The van der Waals surface area contributed by atoms with E-state index in [9.17, 15) is 4.79 Å². The van der Waals surface area contributed by atoms with Crippen LogP contribution in [0.15, 0.2) is 48.5 Å². The highest BCUT2D eigenvalue weighted by Gasteiger charge is 2.14. The van der Waals surface area contributed by atoms with Gasteiger partial charge < -0.3 is 19.7 Å². The van der Waals surface area contributed by atoms with Gasteiger partial charge in [0.1, 0.15) is 12.4 Å². The molecule has 1 aliphatic heterocycles. The maximum atomic E-state index is 12.9. The van der Waals surface area contributed by atoms with Gasteiger partial charge in [-0.2, -0.15) is 0 Å². The molecular formula is C24H33N3O3. The number of rotatable bonds is 10. The summed E-state index contributed by atoms with van der Waals surface area (Å²) in [5, 5.41) is 3.01. The van der Waals surface area contributed by atoms with Crippen molar-refractivity contribution in [2.24, 2.45) is 0 Å². The summed E-state index contributed by atoms with van der Waals surface area (Å²) in [5.74, 6) is 0.570. The minimum absolute atomic E-state index is 0.126. The Morgan fingerprint density at radius 1 is 1.10 bits per heavy atom. The van der Waals surface area contributed by atoms with E-state index in [0.29, 0.717) is 23.6 Å². The van der Waals surface area contributed by atoms with Gasteiger partial charge in [-0.25, -0.2) is 0 Å². The fourth-order valence-corrected chi connectivity index (χ4v) is 3.54. The number of nitrogens with one attached hydrogen (secondary N) is 1. The summed E-state index contributed by atoms with van der Waals surface area (Å²) in [6, 6.07) is 15.4. The van der Waals surface area contributed by atoms with Gasteiger partial charge in [0.25, 0.3) is 5.91 Å². The number of anilines is 1. The monoisotopic (exact) mass is 411 g/mol. The molecule has 2 aromatic carbocycles. The molecular weight excluding hydrogens is 378 g/mol. The zero-order chi connectivity index (χ0) is 21.2. The smallest absolute Gasteiger partial charge is 0.255 e. The standard InChI is InChI=1S/C24H33N3O3/c1-3-26(4-2)14-17-30-23-11-6-5-10-22(23)25-24(28)21-9-7-8-20(18-21)19-27-12-15-29-16-13-27/h5-11,18H,3-4,12-17,19H2,1-2H3,(H,25,28). The van der Waals surface area contributed by atoms with Gasteiger partial charge in [0.15, 0.2) is 0 Å². The molecule has 1 amide bonds. The van der Waals surface area contributed by atoms with Crippen molar-refractivity contribution in [3.63, 3.8) is 0 Å². The van der Waals surface area contributed by atoms with Gasteiger partial charge in [-0.05, 0) is 42.9 Å². The third kappa shape index (κ3) is 6.55. The van der Waals surface area contributed by atoms with E-state index in [4.69, 9.17) is 9.47 Å². The topological polar surface area (TPSA) is 54.0 Å². The van der Waals surface area contributed by atoms with Crippen molar-refractivity contribution in [1.29, 1.82) is 0 Å². The van der Waals surface area contributed by atoms with Gasteiger partial charge >= 0.3 is 0 Å². The van der Waals surface area contributed by atoms with Crippen LogP contribution in [0.3, 0.4) is 0 Å². The maximum Gasteiger partial charge on any atom is 0.255 e. The largest absolute Gasteiger partial charge is 0.490 e. The quantitative estimate of drug-likeness (QED) is 0.649. The van der Waals surface area contributed by atoms with Crippen LogP contribution in [-0.2, 0) is 11.3 Å². The Morgan fingerprint density at radius 3 is 2.63 bits per heavy atom. The third-order valence-electron chi connectivity index (χ3n) is 5.39. The van der Waals surface area contributed by atoms with Crippen LogP contribution in [0.5, 0.6) is 5.75 Å². The first-order valence-electron chi connectivity index (χ1n) is 10.8. The van der Waals surface area contributed by atoms with E-state index < -0.39 is 0 Å². The molecule has 6 heteroatoms. The Hall–Kier alpha value is -2.41. The highest BCUT2D eigenvalue weighted by atomic mass is 16.5. The molecule has 2 aromatic rings. The molecule has 162 valence electrons. The first kappa shape index (κ1) is 22.3. The zero-order valence-corrected chi connectivity index (χ0v) is 18.1. The van der Waals surface area contributed by atoms with E-state index in [1.807, 2.05) is 42.5 Å². The fourth-order valence-electron chi connectivity index (χ4n) is 3.54. The molecule has 1 aliphatic rings. The summed E-state index contributed by atoms with van der Waals surface area (Å²) in [5.41, 5.74) is 2.48. The average Bonchev–Trinajstić information content (AvgIpc) is 2.78. The highest BCUT2D eigenvalue weighted by molar-refractivity contribution is 6.05. The number of para-hydroxylation sites is 2. The number of carbonyl (C=O) groups excluding carboxylic acids is 1. The van der Waals surface area contributed by atoms with Crippen molar-refractivity contribution in [1.82, 2.24) is 9.80 Å². The molecule has 1 N–H and O–H groups in total. The summed E-state index contributed by atoms with van der Waals surface area (Å²) in [6.45, 7) is 11.9. The number of benzene rings is 2. The molecule has 0 aromatic heterocycles. The van der Waals surface area contributed by atoms with E-state index in [1.165, 1.54) is 0 Å². The number of hydrogen-bond acceptors (Lipinski definition) is 5. The molecule has 1 heterocycles. The molecule has 1 saturated heterocycles. The zero-order valence-electron chi connectivity index (χ0n) is 18.1. The van der Waals surface area contributed by atoms with Crippen LogP contribution in [-0.4, -0.2) is 68.3 Å². The van der Waals surface area contributed by atoms with Crippen molar-refractivity contribution < 1.29 is 14.3 Å². The van der Waals surface area contributed by atoms with Crippen molar-refractivity contribution in [3.8, 4) is 5.75 Å². The van der Waals surface area contributed by atoms with Gasteiger partial charge in [0, 0.05) is 31.7 Å². The summed E-state index contributed by atoms with van der Waals surface area (Å²) < 4.78 is 11.4. The van der Waals surface area contributed by atoms with E-state index >= 15 is 0 Å². The van der Waals surface area contributed by atoms with Crippen LogP contribution in [0, 0.1) is 0 Å². The second-order valence-corrected chi connectivity index (χ2v) is 7.41. The van der Waals surface area contributed by atoms with E-state index in [0.717, 1.165) is 58.0 Å². The lowest BCUT2D eigenvalue weighted by Crippen LogP contribution is -2.35. The Balaban J connectivity index is 1.61. The van der Waals surface area contributed by atoms with Crippen LogP contribution < -0.4 is 10.1 Å². The molecule has 6 nitrogen and oxygen atoms in total. The fraction of sp³-hybridized carbons (Fsp3) is 0.458. The van der Waals surface area contributed by atoms with E-state index in [1.54, 1.807) is 0 Å².